The monoisotopic (exact) mass is 331 g/mol. The number of rotatable bonds is 3. The molecule has 0 saturated carbocycles. The van der Waals surface area contributed by atoms with Crippen LogP contribution in [0.15, 0.2) is 36.4 Å². The standard InChI is InChI=1S/C18H12F3NO2/c1-9-15(8-11-6-7-13(20)17(21)18(11)22-9)24-14-5-3-4-12(19)16(14)10(2)23/h3-8H,1-2H3. The van der Waals surface area contributed by atoms with Crippen LogP contribution in [-0.2, 0) is 0 Å². The van der Waals surface area contributed by atoms with E-state index >= 15 is 0 Å². The van der Waals surface area contributed by atoms with E-state index in [4.69, 9.17) is 4.74 Å². The number of carbonyl (C=O) groups excluding carboxylic acids is 1. The summed E-state index contributed by atoms with van der Waals surface area (Å²) in [6.45, 7) is 2.78. The fraction of sp³-hybridized carbons (Fsp3) is 0.111. The van der Waals surface area contributed by atoms with Gasteiger partial charge in [-0.3, -0.25) is 4.79 Å². The average Bonchev–Trinajstić information content (AvgIpc) is 2.52. The second kappa shape index (κ2) is 5.96. The summed E-state index contributed by atoms with van der Waals surface area (Å²) in [5, 5.41) is 0.329. The van der Waals surface area contributed by atoms with Crippen LogP contribution in [0.25, 0.3) is 10.9 Å². The van der Waals surface area contributed by atoms with Gasteiger partial charge in [0.15, 0.2) is 17.4 Å². The summed E-state index contributed by atoms with van der Waals surface area (Å²) in [6, 6.07) is 7.85. The summed E-state index contributed by atoms with van der Waals surface area (Å²) in [4.78, 5) is 15.6. The molecule has 0 atom stereocenters. The normalized spacial score (nSPS) is 10.9. The third-order valence-corrected chi connectivity index (χ3v) is 3.57. The lowest BCUT2D eigenvalue weighted by molar-refractivity contribution is 0.101. The van der Waals surface area contributed by atoms with Crippen LogP contribution in [-0.4, -0.2) is 10.8 Å². The van der Waals surface area contributed by atoms with Gasteiger partial charge in [-0.15, -0.1) is 0 Å². The van der Waals surface area contributed by atoms with Crippen molar-refractivity contribution < 1.29 is 22.7 Å². The highest BCUT2D eigenvalue weighted by molar-refractivity contribution is 5.97. The van der Waals surface area contributed by atoms with Crippen LogP contribution in [0.4, 0.5) is 13.2 Å². The molecule has 2 aromatic carbocycles. The van der Waals surface area contributed by atoms with E-state index < -0.39 is 23.2 Å². The SMILES string of the molecule is CC(=O)c1c(F)cccc1Oc1cc2ccc(F)c(F)c2nc1C. The summed E-state index contributed by atoms with van der Waals surface area (Å²) in [5.74, 6) is -2.96. The molecule has 0 aliphatic carbocycles. The molecule has 0 N–H and O–H groups in total. The van der Waals surface area contributed by atoms with Crippen molar-refractivity contribution in [2.24, 2.45) is 0 Å². The zero-order valence-corrected chi connectivity index (χ0v) is 12.9. The summed E-state index contributed by atoms with van der Waals surface area (Å²) in [7, 11) is 0. The maximum atomic E-state index is 13.8. The molecule has 0 unspecified atom stereocenters. The van der Waals surface area contributed by atoms with Crippen molar-refractivity contribution in [1.82, 2.24) is 4.98 Å². The highest BCUT2D eigenvalue weighted by Crippen LogP contribution is 2.32. The number of ketones is 1. The highest BCUT2D eigenvalue weighted by Gasteiger charge is 2.17. The second-order valence-electron chi connectivity index (χ2n) is 5.28. The van der Waals surface area contributed by atoms with E-state index in [-0.39, 0.29) is 28.3 Å². The molecule has 0 spiro atoms. The minimum absolute atomic E-state index is 0.0364. The van der Waals surface area contributed by atoms with Crippen LogP contribution in [0.2, 0.25) is 0 Å². The number of fused-ring (bicyclic) bond motifs is 1. The molecule has 1 aromatic heterocycles. The number of aromatic nitrogens is 1. The molecular weight excluding hydrogens is 319 g/mol. The Morgan fingerprint density at radius 1 is 1.04 bits per heavy atom. The topological polar surface area (TPSA) is 39.2 Å². The maximum absolute atomic E-state index is 13.8. The first-order chi connectivity index (χ1) is 11.4. The van der Waals surface area contributed by atoms with Crippen LogP contribution in [0, 0.1) is 24.4 Å². The smallest absolute Gasteiger partial charge is 0.184 e. The minimum atomic E-state index is -1.04. The third-order valence-electron chi connectivity index (χ3n) is 3.57. The van der Waals surface area contributed by atoms with Crippen LogP contribution in [0.3, 0.4) is 0 Å². The Morgan fingerprint density at radius 2 is 1.79 bits per heavy atom. The first-order valence-electron chi connectivity index (χ1n) is 7.11. The van der Waals surface area contributed by atoms with Crippen LogP contribution >= 0.6 is 0 Å². The number of Topliss-reactive ketones (excluding diaryl/α,β-unsaturated/α-hetero) is 1. The number of hydrogen-bond acceptors (Lipinski definition) is 3. The van der Waals surface area contributed by atoms with E-state index in [1.54, 1.807) is 6.92 Å². The molecule has 0 radical (unpaired) electrons. The zero-order valence-electron chi connectivity index (χ0n) is 12.9. The molecule has 122 valence electrons. The van der Waals surface area contributed by atoms with Gasteiger partial charge in [0.25, 0.3) is 0 Å². The van der Waals surface area contributed by atoms with Crippen LogP contribution in [0.5, 0.6) is 11.5 Å². The molecule has 1 heterocycles. The lowest BCUT2D eigenvalue weighted by atomic mass is 10.1. The van der Waals surface area contributed by atoms with Gasteiger partial charge in [-0.05, 0) is 44.2 Å². The Labute approximate surface area is 135 Å². The fourth-order valence-corrected chi connectivity index (χ4v) is 2.41. The number of hydrogen-bond donors (Lipinski definition) is 0. The first kappa shape index (κ1) is 16.0. The lowest BCUT2D eigenvalue weighted by Crippen LogP contribution is -2.02. The largest absolute Gasteiger partial charge is 0.455 e. The quantitative estimate of drug-likeness (QED) is 0.637. The van der Waals surface area contributed by atoms with Gasteiger partial charge in [-0.2, -0.15) is 0 Å². The molecule has 0 bridgehead atoms. The Balaban J connectivity index is 2.12. The Morgan fingerprint density at radius 3 is 2.50 bits per heavy atom. The highest BCUT2D eigenvalue weighted by atomic mass is 19.2. The first-order valence-corrected chi connectivity index (χ1v) is 7.11. The zero-order chi connectivity index (χ0) is 17.4. The summed E-state index contributed by atoms with van der Waals surface area (Å²) in [5.41, 5.74) is -0.0149. The van der Waals surface area contributed by atoms with E-state index in [0.717, 1.165) is 12.1 Å². The van der Waals surface area contributed by atoms with Crippen molar-refractivity contribution in [2.75, 3.05) is 0 Å². The number of ether oxygens (including phenoxy) is 1. The second-order valence-corrected chi connectivity index (χ2v) is 5.28. The van der Waals surface area contributed by atoms with Crippen molar-refractivity contribution >= 4 is 16.7 Å². The molecule has 3 rings (SSSR count). The molecule has 0 aliphatic heterocycles. The van der Waals surface area contributed by atoms with Crippen molar-refractivity contribution in [2.45, 2.75) is 13.8 Å². The van der Waals surface area contributed by atoms with E-state index in [2.05, 4.69) is 4.98 Å². The number of halogens is 3. The number of benzene rings is 2. The van der Waals surface area contributed by atoms with Gasteiger partial charge in [0, 0.05) is 5.39 Å². The van der Waals surface area contributed by atoms with E-state index in [1.165, 1.54) is 31.2 Å². The molecule has 3 nitrogen and oxygen atoms in total. The number of aryl methyl sites for hydroxylation is 1. The number of pyridine rings is 1. The van der Waals surface area contributed by atoms with Crippen molar-refractivity contribution in [3.05, 3.63) is 65.1 Å². The van der Waals surface area contributed by atoms with Crippen molar-refractivity contribution in [3.8, 4) is 11.5 Å². The van der Waals surface area contributed by atoms with E-state index in [0.29, 0.717) is 5.39 Å². The average molecular weight is 331 g/mol. The molecule has 24 heavy (non-hydrogen) atoms. The Bertz CT molecular complexity index is 970. The minimum Gasteiger partial charge on any atom is -0.455 e. The van der Waals surface area contributed by atoms with E-state index in [9.17, 15) is 18.0 Å². The number of carbonyl (C=O) groups is 1. The summed E-state index contributed by atoms with van der Waals surface area (Å²) >= 11 is 0. The predicted octanol–water partition coefficient (Wildman–Crippen LogP) is 4.96. The summed E-state index contributed by atoms with van der Waals surface area (Å²) in [6.07, 6.45) is 0. The predicted molar refractivity (Wildman–Crippen MR) is 82.9 cm³/mol. The van der Waals surface area contributed by atoms with Gasteiger partial charge in [-0.1, -0.05) is 6.07 Å². The fourth-order valence-electron chi connectivity index (χ4n) is 2.41. The van der Waals surface area contributed by atoms with Crippen LogP contribution < -0.4 is 4.74 Å². The van der Waals surface area contributed by atoms with Crippen molar-refractivity contribution in [1.29, 1.82) is 0 Å². The molecule has 0 amide bonds. The van der Waals surface area contributed by atoms with Gasteiger partial charge < -0.3 is 4.74 Å². The molecule has 6 heteroatoms. The van der Waals surface area contributed by atoms with Crippen LogP contribution in [0.1, 0.15) is 23.0 Å². The molecular formula is C18H12F3NO2. The van der Waals surface area contributed by atoms with Gasteiger partial charge in [-0.25, -0.2) is 18.2 Å². The summed E-state index contributed by atoms with van der Waals surface area (Å²) < 4.78 is 46.5. The van der Waals surface area contributed by atoms with Crippen molar-refractivity contribution in [3.63, 3.8) is 0 Å². The number of nitrogens with zero attached hydrogens (tertiary/aromatic N) is 1. The molecule has 0 fully saturated rings. The lowest BCUT2D eigenvalue weighted by Gasteiger charge is -2.13. The Kier molecular flexibility index (Phi) is 3.97. The van der Waals surface area contributed by atoms with Gasteiger partial charge in [0.1, 0.15) is 22.8 Å². The molecule has 3 aromatic rings. The van der Waals surface area contributed by atoms with Gasteiger partial charge in [0.2, 0.25) is 0 Å². The molecule has 0 saturated heterocycles. The third kappa shape index (κ3) is 2.71. The Hall–Kier alpha value is -2.89. The molecule has 0 aliphatic rings. The van der Waals surface area contributed by atoms with Gasteiger partial charge in [0.05, 0.1) is 11.3 Å². The van der Waals surface area contributed by atoms with E-state index in [1.807, 2.05) is 0 Å². The maximum Gasteiger partial charge on any atom is 0.184 e. The van der Waals surface area contributed by atoms with Gasteiger partial charge >= 0.3 is 0 Å².